The number of fused-ring (bicyclic) bond motifs is 7. The van der Waals surface area contributed by atoms with Crippen molar-refractivity contribution in [2.75, 3.05) is 29.2 Å². The summed E-state index contributed by atoms with van der Waals surface area (Å²) in [7, 11) is 0. The smallest absolute Gasteiger partial charge is 0.242 e. The summed E-state index contributed by atoms with van der Waals surface area (Å²) in [5.74, 6) is 1.88. The molecule has 5 rings (SSSR count). The minimum Gasteiger partial charge on any atom is -0.350 e. The molecule has 206 valence electrons. The second kappa shape index (κ2) is 13.4. The van der Waals surface area contributed by atoms with Crippen LogP contribution in [0.25, 0.3) is 0 Å². The van der Waals surface area contributed by atoms with Crippen molar-refractivity contribution in [1.29, 1.82) is 0 Å². The van der Waals surface area contributed by atoms with E-state index >= 15 is 0 Å². The number of carbonyl (C=O) groups excluding carboxylic acids is 2. The first-order chi connectivity index (χ1) is 18.6. The van der Waals surface area contributed by atoms with E-state index in [4.69, 9.17) is 0 Å². The van der Waals surface area contributed by atoms with Gasteiger partial charge in [0.15, 0.2) is 0 Å². The Morgan fingerprint density at radius 1 is 0.949 bits per heavy atom. The Balaban J connectivity index is 0.00000353. The highest BCUT2D eigenvalue weighted by molar-refractivity contribution is 7.98. The van der Waals surface area contributed by atoms with Gasteiger partial charge in [0, 0.05) is 30.5 Å². The summed E-state index contributed by atoms with van der Waals surface area (Å²) < 4.78 is 0. The molecule has 2 aliphatic heterocycles. The maximum atomic E-state index is 13.4. The summed E-state index contributed by atoms with van der Waals surface area (Å²) >= 11 is 1.67. The van der Waals surface area contributed by atoms with Crippen LogP contribution in [0.3, 0.4) is 0 Å². The molecule has 3 aromatic rings. The molecule has 0 saturated carbocycles. The molecule has 2 atom stereocenters. The van der Waals surface area contributed by atoms with E-state index in [-0.39, 0.29) is 25.3 Å². The van der Waals surface area contributed by atoms with E-state index in [1.165, 1.54) is 6.33 Å². The Labute approximate surface area is 234 Å². The molecule has 1 fully saturated rings. The largest absolute Gasteiger partial charge is 0.350 e. The summed E-state index contributed by atoms with van der Waals surface area (Å²) in [6, 6.07) is 17.0. The molecule has 2 aliphatic rings. The lowest BCUT2D eigenvalue weighted by Crippen LogP contribution is -2.52. The van der Waals surface area contributed by atoms with Crippen molar-refractivity contribution in [3.05, 3.63) is 72.1 Å². The van der Waals surface area contributed by atoms with Crippen LogP contribution in [0.2, 0.25) is 0 Å². The third-order valence-corrected chi connectivity index (χ3v) is 7.47. The zero-order chi connectivity index (χ0) is 26.3. The Morgan fingerprint density at radius 3 is 2.36 bits per heavy atom. The molecule has 0 radical (unpaired) electrons. The number of rotatable bonds is 3. The molecule has 3 heterocycles. The molecule has 0 aliphatic carbocycles. The quantitative estimate of drug-likeness (QED) is 0.381. The van der Waals surface area contributed by atoms with Crippen LogP contribution in [-0.4, -0.2) is 57.3 Å². The van der Waals surface area contributed by atoms with Gasteiger partial charge in [-0.05, 0) is 73.2 Å². The third kappa shape index (κ3) is 7.48. The van der Waals surface area contributed by atoms with Crippen molar-refractivity contribution in [3.63, 3.8) is 0 Å². The second-order valence-corrected chi connectivity index (χ2v) is 10.6. The fourth-order valence-corrected chi connectivity index (χ4v) is 5.40. The number of amides is 2. The monoisotopic (exact) mass is 547 g/mol. The fraction of sp³-hybridized carbons (Fsp3) is 0.379. The number of benzene rings is 2. The maximum absolute atomic E-state index is 13.4. The van der Waals surface area contributed by atoms with Crippen LogP contribution in [0.15, 0.2) is 60.9 Å². The average Bonchev–Trinajstić information content (AvgIpc) is 3.38. The summed E-state index contributed by atoms with van der Waals surface area (Å²) in [6.45, 7) is 1.86. The summed E-state index contributed by atoms with van der Waals surface area (Å²) in [5.41, 5.74) is 3.81. The van der Waals surface area contributed by atoms with E-state index in [1.54, 1.807) is 11.8 Å². The zero-order valence-electron chi connectivity index (χ0n) is 21.4. The number of anilines is 4. The van der Waals surface area contributed by atoms with Gasteiger partial charge in [0.25, 0.3) is 0 Å². The van der Waals surface area contributed by atoms with E-state index in [2.05, 4.69) is 48.3 Å². The van der Waals surface area contributed by atoms with Crippen molar-refractivity contribution >= 4 is 46.6 Å². The summed E-state index contributed by atoms with van der Waals surface area (Å²) in [6.07, 6.45) is 5.84. The Morgan fingerprint density at radius 2 is 1.64 bits per heavy atom. The lowest BCUT2D eigenvalue weighted by Gasteiger charge is -2.26. The predicted octanol–water partition coefficient (Wildman–Crippen LogP) is 4.43. The molecule has 1 saturated heterocycles. The topological polar surface area (TPSA) is 111 Å². The first kappa shape index (κ1) is 28.4. The molecule has 0 unspecified atom stereocenters. The molecule has 4 N–H and O–H groups in total. The van der Waals surface area contributed by atoms with Crippen LogP contribution in [0.4, 0.5) is 23.0 Å². The SMILES string of the molecule is C.CSCC[C@@H]1NC(=O)[C@@H]2CCCN2Cc2cccc(c2)Nc2cc(ncn2)Nc2cccc(c2)CNC1=O. The van der Waals surface area contributed by atoms with Gasteiger partial charge in [-0.3, -0.25) is 14.5 Å². The van der Waals surface area contributed by atoms with E-state index in [1.807, 2.05) is 48.7 Å². The standard InChI is InChI=1S/C28H33N7O2S.CH4/c1-38-12-10-23-27(36)29-16-19-5-2-7-21(13-19)32-25-15-26(31-18-30-25)33-22-8-3-6-20(14-22)17-35-11-4-9-24(35)28(37)34-23;/h2-3,5-8,13-15,18,23-24H,4,9-12,16-17H2,1H3,(H,29,36)(H,34,37)(H2,30,31,32,33);1H4/t23-,24-;/m0./s1. The number of aromatic nitrogens is 2. The Kier molecular flexibility index (Phi) is 9.78. The van der Waals surface area contributed by atoms with Gasteiger partial charge in [-0.25, -0.2) is 9.97 Å². The van der Waals surface area contributed by atoms with Gasteiger partial charge in [0.05, 0.1) is 6.04 Å². The summed E-state index contributed by atoms with van der Waals surface area (Å²) in [5, 5.41) is 12.8. The molecule has 2 amide bonds. The first-order valence-electron chi connectivity index (χ1n) is 12.9. The van der Waals surface area contributed by atoms with Crippen molar-refractivity contribution in [1.82, 2.24) is 25.5 Å². The van der Waals surface area contributed by atoms with Crippen LogP contribution >= 0.6 is 11.8 Å². The van der Waals surface area contributed by atoms with Crippen LogP contribution in [0.5, 0.6) is 0 Å². The minimum atomic E-state index is -0.573. The number of hydrogen-bond acceptors (Lipinski definition) is 8. The minimum absolute atomic E-state index is 0. The third-order valence-electron chi connectivity index (χ3n) is 6.83. The number of carbonyl (C=O) groups is 2. The summed E-state index contributed by atoms with van der Waals surface area (Å²) in [4.78, 5) is 37.5. The molecule has 39 heavy (non-hydrogen) atoms. The van der Waals surface area contributed by atoms with Gasteiger partial charge in [-0.1, -0.05) is 31.7 Å². The first-order valence-corrected chi connectivity index (χ1v) is 14.3. The maximum Gasteiger partial charge on any atom is 0.242 e. The van der Waals surface area contributed by atoms with Crippen molar-refractivity contribution in [3.8, 4) is 0 Å². The number of thioether (sulfide) groups is 1. The van der Waals surface area contributed by atoms with E-state index < -0.39 is 6.04 Å². The molecule has 6 bridgehead atoms. The Hall–Kier alpha value is -3.63. The van der Waals surface area contributed by atoms with Crippen molar-refractivity contribution in [2.24, 2.45) is 0 Å². The van der Waals surface area contributed by atoms with Crippen molar-refractivity contribution < 1.29 is 9.59 Å². The van der Waals surface area contributed by atoms with Gasteiger partial charge in [-0.2, -0.15) is 11.8 Å². The van der Waals surface area contributed by atoms with Crippen LogP contribution in [0, 0.1) is 0 Å². The number of nitrogens with zero attached hydrogens (tertiary/aromatic N) is 3. The molecule has 1 aromatic heterocycles. The van der Waals surface area contributed by atoms with Gasteiger partial charge in [0.2, 0.25) is 11.8 Å². The van der Waals surface area contributed by atoms with E-state index in [0.29, 0.717) is 31.1 Å². The molecule has 2 aromatic carbocycles. The second-order valence-electron chi connectivity index (χ2n) is 9.63. The molecular formula is C29H37N7O2S. The van der Waals surface area contributed by atoms with Crippen LogP contribution < -0.4 is 21.3 Å². The lowest BCUT2D eigenvalue weighted by atomic mass is 10.1. The fourth-order valence-electron chi connectivity index (χ4n) is 4.93. The van der Waals surface area contributed by atoms with Crippen LogP contribution in [0.1, 0.15) is 37.8 Å². The normalized spacial score (nSPS) is 19.8. The molecular weight excluding hydrogens is 510 g/mol. The zero-order valence-corrected chi connectivity index (χ0v) is 22.3. The lowest BCUT2D eigenvalue weighted by molar-refractivity contribution is -0.131. The highest BCUT2D eigenvalue weighted by Gasteiger charge is 2.33. The Bertz CT molecular complexity index is 1290. The van der Waals surface area contributed by atoms with Gasteiger partial charge >= 0.3 is 0 Å². The number of hydrogen-bond donors (Lipinski definition) is 4. The predicted molar refractivity (Wildman–Crippen MR) is 158 cm³/mol. The highest BCUT2D eigenvalue weighted by Crippen LogP contribution is 2.24. The van der Waals surface area contributed by atoms with Crippen molar-refractivity contribution in [2.45, 2.75) is 51.9 Å². The van der Waals surface area contributed by atoms with E-state index in [0.717, 1.165) is 47.6 Å². The number of nitrogens with one attached hydrogen (secondary N) is 4. The highest BCUT2D eigenvalue weighted by atomic mass is 32.2. The van der Waals surface area contributed by atoms with E-state index in [9.17, 15) is 9.59 Å². The average molecular weight is 548 g/mol. The van der Waals surface area contributed by atoms with Gasteiger partial charge in [0.1, 0.15) is 24.0 Å². The van der Waals surface area contributed by atoms with Gasteiger partial charge < -0.3 is 21.3 Å². The van der Waals surface area contributed by atoms with Crippen LogP contribution in [-0.2, 0) is 22.7 Å². The molecule has 9 nitrogen and oxygen atoms in total. The van der Waals surface area contributed by atoms with Gasteiger partial charge in [-0.15, -0.1) is 0 Å². The molecule has 0 spiro atoms. The molecule has 10 heteroatoms.